The quantitative estimate of drug-likeness (QED) is 0.0663. The third kappa shape index (κ3) is 10.2. The Hall–Kier alpha value is -1.58. The van der Waals surface area contributed by atoms with Gasteiger partial charge in [-0.2, -0.15) is 0 Å². The Balaban J connectivity index is 0.00000307. The molecule has 2 heterocycles. The topological polar surface area (TPSA) is 200 Å². The number of ether oxygens (including phenoxy) is 5. The van der Waals surface area contributed by atoms with E-state index >= 15 is 0 Å². The molecule has 15 heteroatoms. The van der Waals surface area contributed by atoms with Crippen LogP contribution in [0.3, 0.4) is 0 Å². The molecular formula is C33H46ClNO12Pd. The van der Waals surface area contributed by atoms with E-state index in [1.54, 1.807) is 18.3 Å². The van der Waals surface area contributed by atoms with E-state index in [0.29, 0.717) is 17.6 Å². The second-order valence-electron chi connectivity index (χ2n) is 12.1. The van der Waals surface area contributed by atoms with Crippen molar-refractivity contribution >= 4 is 21.4 Å². The van der Waals surface area contributed by atoms with E-state index in [1.807, 2.05) is 6.07 Å². The van der Waals surface area contributed by atoms with Crippen molar-refractivity contribution in [3.05, 3.63) is 59.2 Å². The van der Waals surface area contributed by atoms with E-state index in [0.717, 1.165) is 11.3 Å². The molecule has 0 saturated carbocycles. The average Bonchev–Trinajstić information content (AvgIpc) is 3.09. The first-order chi connectivity index (χ1) is 23.0. The predicted octanol–water partition coefficient (Wildman–Crippen LogP) is 1.19. The Morgan fingerprint density at radius 1 is 0.812 bits per heavy atom. The zero-order valence-corrected chi connectivity index (χ0v) is 29.4. The summed E-state index contributed by atoms with van der Waals surface area (Å²) in [5.74, 6) is 1.19. The molecule has 0 aliphatic carbocycles. The van der Waals surface area contributed by atoms with Crippen molar-refractivity contribution in [1.29, 1.82) is 0 Å². The summed E-state index contributed by atoms with van der Waals surface area (Å²) >= 11 is 2.22. The van der Waals surface area contributed by atoms with Gasteiger partial charge in [-0.15, -0.1) is 29.8 Å². The van der Waals surface area contributed by atoms with E-state index in [1.165, 1.54) is 11.1 Å². The van der Waals surface area contributed by atoms with Gasteiger partial charge >= 0.3 is 27.7 Å². The molecule has 272 valence electrons. The van der Waals surface area contributed by atoms with Gasteiger partial charge in [-0.1, -0.05) is 45.9 Å². The molecule has 0 bridgehead atoms. The second kappa shape index (κ2) is 19.7. The summed E-state index contributed by atoms with van der Waals surface area (Å²) in [4.78, 5) is 4.80. The Labute approximate surface area is 295 Å². The SMILES string of the molecule is CC(C)c1cccc(C(C)C)c1N=Cc1[c-]cc(OCCO[C@@H]2OC(CO)[C@@H](O[C@@H]3OC(CO)[C@H](O)[C@H](O)C3O)[C@H](O)C2O)cc1.[Cl][Pd+]. The molecule has 0 amide bonds. The molecule has 2 aromatic rings. The van der Waals surface area contributed by atoms with E-state index in [-0.39, 0.29) is 13.2 Å². The molecule has 4 unspecified atom stereocenters. The summed E-state index contributed by atoms with van der Waals surface area (Å²) in [5, 5.41) is 70.9. The third-order valence-electron chi connectivity index (χ3n) is 8.08. The minimum absolute atomic E-state index is 0.0436. The summed E-state index contributed by atoms with van der Waals surface area (Å²) in [5.41, 5.74) is 4.12. The van der Waals surface area contributed by atoms with Gasteiger partial charge in [0.05, 0.1) is 32.1 Å². The number of halogens is 1. The van der Waals surface area contributed by atoms with Crippen molar-refractivity contribution in [2.75, 3.05) is 26.4 Å². The Kier molecular flexibility index (Phi) is 16.8. The maximum atomic E-state index is 10.7. The molecule has 0 radical (unpaired) electrons. The van der Waals surface area contributed by atoms with Crippen LogP contribution in [0, 0.1) is 6.07 Å². The third-order valence-corrected chi connectivity index (χ3v) is 8.08. The Morgan fingerprint density at radius 2 is 1.42 bits per heavy atom. The van der Waals surface area contributed by atoms with Gasteiger partial charge in [-0.3, -0.25) is 0 Å². The number of hydrogen-bond acceptors (Lipinski definition) is 13. The first-order valence-electron chi connectivity index (χ1n) is 15.6. The van der Waals surface area contributed by atoms with E-state index in [4.69, 9.17) is 28.7 Å². The molecule has 2 aliphatic rings. The molecular weight excluding hydrogens is 744 g/mol. The van der Waals surface area contributed by atoms with Crippen LogP contribution >= 0.6 is 9.53 Å². The summed E-state index contributed by atoms with van der Waals surface area (Å²) in [6, 6.07) is 14.7. The fourth-order valence-corrected chi connectivity index (χ4v) is 5.40. The molecule has 13 nitrogen and oxygen atoms in total. The van der Waals surface area contributed by atoms with Crippen molar-refractivity contribution in [3.63, 3.8) is 0 Å². The van der Waals surface area contributed by atoms with Crippen LogP contribution in [0.1, 0.15) is 56.2 Å². The molecule has 10 atom stereocenters. The van der Waals surface area contributed by atoms with Crippen LogP contribution in [0.15, 0.2) is 41.4 Å². The van der Waals surface area contributed by atoms with Crippen LogP contribution < -0.4 is 4.74 Å². The molecule has 0 aromatic heterocycles. The molecule has 0 spiro atoms. The molecule has 7 N–H and O–H groups in total. The minimum atomic E-state index is -1.74. The molecule has 4 rings (SSSR count). The summed E-state index contributed by atoms with van der Waals surface area (Å²) in [6.45, 7) is 7.27. The zero-order valence-electron chi connectivity index (χ0n) is 27.1. The normalized spacial score (nSPS) is 30.8. The summed E-state index contributed by atoms with van der Waals surface area (Å²) in [7, 11) is 4.49. The first kappa shape index (κ1) is 40.8. The zero-order chi connectivity index (χ0) is 35.5. The Morgan fingerprint density at radius 3 is 1.98 bits per heavy atom. The number of aliphatic hydroxyl groups is 7. The van der Waals surface area contributed by atoms with Gasteiger partial charge in [-0.25, -0.2) is 0 Å². The molecule has 2 aliphatic heterocycles. The fraction of sp³-hybridized carbons (Fsp3) is 0.606. The van der Waals surface area contributed by atoms with E-state index < -0.39 is 74.6 Å². The van der Waals surface area contributed by atoms with Crippen molar-refractivity contribution in [3.8, 4) is 5.75 Å². The van der Waals surface area contributed by atoms with Crippen molar-refractivity contribution in [2.24, 2.45) is 4.99 Å². The van der Waals surface area contributed by atoms with Crippen LogP contribution in [0.25, 0.3) is 0 Å². The van der Waals surface area contributed by atoms with Crippen LogP contribution in [0.2, 0.25) is 0 Å². The second-order valence-corrected chi connectivity index (χ2v) is 12.1. The van der Waals surface area contributed by atoms with Gasteiger partial charge in [0.1, 0.15) is 48.8 Å². The number of aliphatic imine (C=N–C) groups is 1. The number of hydrogen-bond donors (Lipinski definition) is 7. The Bertz CT molecular complexity index is 1240. The number of rotatable bonds is 13. The van der Waals surface area contributed by atoms with Crippen LogP contribution in [-0.4, -0.2) is 130 Å². The van der Waals surface area contributed by atoms with Gasteiger partial charge in [0.2, 0.25) is 0 Å². The molecule has 48 heavy (non-hydrogen) atoms. The molecule has 2 fully saturated rings. The van der Waals surface area contributed by atoms with Gasteiger partial charge in [0.15, 0.2) is 12.6 Å². The monoisotopic (exact) mass is 789 g/mol. The number of para-hydroxylation sites is 1. The standard InChI is InChI=1S/C33H46NO12.ClH.Pd/c1-17(2)21-6-5-7-22(18(3)4)25(21)34-14-19-8-10-20(11-9-19)42-12-13-43-32-30(41)28(39)31(24(16-36)45-32)46-33-29(40)27(38)26(37)23(15-35)44-33;;/h5-8,10-11,14,17-18,23-24,26-33,35-41H,12-13,15-16H2,1-4H3;1H;/q-1;;+2/p-1/t23?,24?,26-,27-,28+,29?,30?,31+,32+,33-;;/m0../s1. The van der Waals surface area contributed by atoms with Crippen LogP contribution in [0.5, 0.6) is 5.75 Å². The maximum absolute atomic E-state index is 10.7. The van der Waals surface area contributed by atoms with Crippen molar-refractivity contribution in [1.82, 2.24) is 0 Å². The van der Waals surface area contributed by atoms with Gasteiger partial charge in [-0.05, 0) is 29.2 Å². The molecule has 2 aromatic carbocycles. The van der Waals surface area contributed by atoms with Gasteiger partial charge in [0, 0.05) is 5.75 Å². The van der Waals surface area contributed by atoms with Crippen molar-refractivity contribution in [2.45, 2.75) is 101 Å². The fourth-order valence-electron chi connectivity index (χ4n) is 5.40. The predicted molar refractivity (Wildman–Crippen MR) is 171 cm³/mol. The number of benzene rings is 2. The average molecular weight is 791 g/mol. The van der Waals surface area contributed by atoms with E-state index in [2.05, 4.69) is 79.7 Å². The number of aliphatic hydroxyl groups excluding tert-OH is 7. The van der Waals surface area contributed by atoms with Gasteiger partial charge < -0.3 is 64.4 Å². The van der Waals surface area contributed by atoms with Crippen molar-refractivity contribution < 1.29 is 77.6 Å². The van der Waals surface area contributed by atoms with Gasteiger partial charge in [0.25, 0.3) is 0 Å². The first-order valence-corrected chi connectivity index (χ1v) is 17.6. The van der Waals surface area contributed by atoms with Crippen LogP contribution in [0.4, 0.5) is 5.69 Å². The summed E-state index contributed by atoms with van der Waals surface area (Å²) in [6.07, 6.45) is -13.4. The summed E-state index contributed by atoms with van der Waals surface area (Å²) < 4.78 is 27.8. The number of nitrogens with zero attached hydrogens (tertiary/aromatic N) is 1. The van der Waals surface area contributed by atoms with E-state index in [9.17, 15) is 35.7 Å². The van der Waals surface area contributed by atoms with Crippen LogP contribution in [-0.2, 0) is 37.1 Å². The molecule has 2 saturated heterocycles.